The molecule has 1 heterocycles. The van der Waals surface area contributed by atoms with Crippen molar-refractivity contribution in [2.24, 2.45) is 0 Å². The lowest BCUT2D eigenvalue weighted by Gasteiger charge is -2.24. The van der Waals surface area contributed by atoms with Gasteiger partial charge in [-0.15, -0.1) is 0 Å². The van der Waals surface area contributed by atoms with Crippen LogP contribution in [0, 0.1) is 11.6 Å². The van der Waals surface area contributed by atoms with Crippen LogP contribution in [0.5, 0.6) is 5.75 Å². The minimum Gasteiger partial charge on any atom is -0.486 e. The summed E-state index contributed by atoms with van der Waals surface area (Å²) < 4.78 is 62.4. The van der Waals surface area contributed by atoms with Crippen molar-refractivity contribution in [3.63, 3.8) is 0 Å². The molecule has 0 saturated carbocycles. The van der Waals surface area contributed by atoms with Crippen LogP contribution in [0.15, 0.2) is 12.1 Å². The maximum absolute atomic E-state index is 13.1. The van der Waals surface area contributed by atoms with E-state index in [-0.39, 0.29) is 11.8 Å². The first-order chi connectivity index (χ1) is 8.18. The topological polar surface area (TPSA) is 95.9 Å². The van der Waals surface area contributed by atoms with Crippen molar-refractivity contribution in [3.05, 3.63) is 23.8 Å². The lowest BCUT2D eigenvalue weighted by molar-refractivity contribution is 0.272. The molecule has 1 aromatic carbocycles. The molecule has 0 saturated heterocycles. The third kappa shape index (κ3) is 4.43. The number of rotatable bonds is 0. The molecule has 1 aromatic rings. The highest BCUT2D eigenvalue weighted by molar-refractivity contribution is 7.79. The fourth-order valence-corrected chi connectivity index (χ4v) is 1.30. The van der Waals surface area contributed by atoms with Crippen LogP contribution < -0.4 is 10.1 Å². The quantitative estimate of drug-likeness (QED) is 0.624. The van der Waals surface area contributed by atoms with Crippen molar-refractivity contribution < 1.29 is 31.0 Å². The maximum Gasteiger partial charge on any atom is 0.394 e. The highest BCUT2D eigenvalue weighted by Gasteiger charge is 2.20. The van der Waals surface area contributed by atoms with Gasteiger partial charge in [0, 0.05) is 0 Å². The van der Waals surface area contributed by atoms with Gasteiger partial charge in [0.15, 0.2) is 11.6 Å². The van der Waals surface area contributed by atoms with E-state index in [1.54, 1.807) is 0 Å². The van der Waals surface area contributed by atoms with Crippen molar-refractivity contribution in [1.82, 2.24) is 0 Å². The standard InChI is InChI=1S/C9H9F2NO.H2O4S/c1-5-4-13-9-7(12-5)3-2-6(10)8(9)11;1-5(2,3)4/h2-3,5,12H,4H2,1H3;(H2,1,2,3,4)/t5-;/m0./s1. The van der Waals surface area contributed by atoms with E-state index in [1.807, 2.05) is 6.92 Å². The summed E-state index contributed by atoms with van der Waals surface area (Å²) in [6, 6.07) is 2.68. The smallest absolute Gasteiger partial charge is 0.394 e. The van der Waals surface area contributed by atoms with E-state index in [0.717, 1.165) is 6.07 Å². The molecule has 3 N–H and O–H groups in total. The zero-order valence-electron chi connectivity index (χ0n) is 9.22. The molecule has 102 valence electrons. The van der Waals surface area contributed by atoms with E-state index in [0.29, 0.717) is 12.3 Å². The third-order valence-electron chi connectivity index (χ3n) is 1.93. The van der Waals surface area contributed by atoms with Crippen LogP contribution in [0.4, 0.5) is 14.5 Å². The number of anilines is 1. The number of benzene rings is 1. The van der Waals surface area contributed by atoms with E-state index >= 15 is 0 Å². The van der Waals surface area contributed by atoms with Gasteiger partial charge in [0.1, 0.15) is 6.61 Å². The summed E-state index contributed by atoms with van der Waals surface area (Å²) in [4.78, 5) is 0. The fraction of sp³-hybridized carbons (Fsp3) is 0.333. The average molecular weight is 283 g/mol. The predicted molar refractivity (Wildman–Crippen MR) is 59.1 cm³/mol. The second-order valence-corrected chi connectivity index (χ2v) is 4.44. The summed E-state index contributed by atoms with van der Waals surface area (Å²) in [6.45, 7) is 2.26. The van der Waals surface area contributed by atoms with E-state index < -0.39 is 22.0 Å². The molecule has 0 aromatic heterocycles. The second kappa shape index (κ2) is 5.46. The zero-order chi connectivity index (χ0) is 13.9. The fourth-order valence-electron chi connectivity index (χ4n) is 1.30. The molecule has 0 bridgehead atoms. The molecule has 0 aliphatic carbocycles. The zero-order valence-corrected chi connectivity index (χ0v) is 10.0. The summed E-state index contributed by atoms with van der Waals surface area (Å²) in [5.41, 5.74) is 0.512. The first-order valence-electron chi connectivity index (χ1n) is 4.75. The predicted octanol–water partition coefficient (Wildman–Crippen LogP) is 1.50. The molecular formula is C9H11F2NO5S. The van der Waals surface area contributed by atoms with Gasteiger partial charge in [0.2, 0.25) is 5.82 Å². The number of nitrogens with one attached hydrogen (secondary N) is 1. The van der Waals surface area contributed by atoms with Gasteiger partial charge in [-0.05, 0) is 19.1 Å². The van der Waals surface area contributed by atoms with Crippen LogP contribution in [0.2, 0.25) is 0 Å². The Morgan fingerprint density at radius 2 is 1.94 bits per heavy atom. The SMILES string of the molecule is C[C@H]1COc2c(ccc(F)c2F)N1.O=S(=O)(O)O. The van der Waals surface area contributed by atoms with Gasteiger partial charge in [0.25, 0.3) is 0 Å². The minimum atomic E-state index is -4.67. The van der Waals surface area contributed by atoms with Gasteiger partial charge in [-0.3, -0.25) is 9.11 Å². The minimum absolute atomic E-state index is 0.0156. The molecule has 6 nitrogen and oxygen atoms in total. The number of halogens is 2. The lowest BCUT2D eigenvalue weighted by atomic mass is 10.2. The Hall–Kier alpha value is -1.45. The molecule has 0 spiro atoms. The largest absolute Gasteiger partial charge is 0.486 e. The first-order valence-corrected chi connectivity index (χ1v) is 6.15. The van der Waals surface area contributed by atoms with E-state index in [2.05, 4.69) is 5.32 Å². The summed E-state index contributed by atoms with van der Waals surface area (Å²) >= 11 is 0. The maximum atomic E-state index is 13.1. The molecule has 1 aliphatic rings. The Bertz CT molecular complexity index is 526. The Balaban J connectivity index is 0.000000280. The van der Waals surface area contributed by atoms with E-state index in [9.17, 15) is 8.78 Å². The third-order valence-corrected chi connectivity index (χ3v) is 1.93. The Labute approximate surface area is 102 Å². The average Bonchev–Trinajstić information content (AvgIpc) is 2.21. The Kier molecular flexibility index (Phi) is 4.43. The highest BCUT2D eigenvalue weighted by atomic mass is 32.3. The number of ether oxygens (including phenoxy) is 1. The summed E-state index contributed by atoms with van der Waals surface area (Å²) in [5, 5.41) is 3.00. The van der Waals surface area contributed by atoms with Crippen LogP contribution in [-0.2, 0) is 10.4 Å². The molecule has 9 heteroatoms. The normalized spacial score (nSPS) is 17.7. The van der Waals surface area contributed by atoms with Crippen molar-refractivity contribution in [2.45, 2.75) is 13.0 Å². The van der Waals surface area contributed by atoms with Gasteiger partial charge in [-0.1, -0.05) is 0 Å². The van der Waals surface area contributed by atoms with Crippen LogP contribution in [0.25, 0.3) is 0 Å². The molecule has 0 amide bonds. The second-order valence-electron chi connectivity index (χ2n) is 3.54. The number of hydrogen-bond acceptors (Lipinski definition) is 4. The Morgan fingerprint density at radius 1 is 1.39 bits per heavy atom. The van der Waals surface area contributed by atoms with E-state index in [4.69, 9.17) is 22.3 Å². The monoisotopic (exact) mass is 283 g/mol. The van der Waals surface area contributed by atoms with Gasteiger partial charge in [-0.25, -0.2) is 4.39 Å². The summed E-state index contributed by atoms with van der Waals surface area (Å²) in [6.07, 6.45) is 0. The molecule has 0 radical (unpaired) electrons. The van der Waals surface area contributed by atoms with Crippen LogP contribution in [-0.4, -0.2) is 30.2 Å². The van der Waals surface area contributed by atoms with Crippen molar-refractivity contribution in [1.29, 1.82) is 0 Å². The van der Waals surface area contributed by atoms with Gasteiger partial charge in [-0.2, -0.15) is 12.8 Å². The lowest BCUT2D eigenvalue weighted by Crippen LogP contribution is -2.28. The van der Waals surface area contributed by atoms with E-state index in [1.165, 1.54) is 6.07 Å². The number of hydrogen-bond donors (Lipinski definition) is 3. The van der Waals surface area contributed by atoms with Crippen LogP contribution in [0.3, 0.4) is 0 Å². The molecule has 0 unspecified atom stereocenters. The van der Waals surface area contributed by atoms with Crippen molar-refractivity contribution in [3.8, 4) is 5.75 Å². The molecule has 1 atom stereocenters. The molecule has 2 rings (SSSR count). The van der Waals surface area contributed by atoms with Gasteiger partial charge in [0.05, 0.1) is 11.7 Å². The number of fused-ring (bicyclic) bond motifs is 1. The van der Waals surface area contributed by atoms with Crippen LogP contribution >= 0.6 is 0 Å². The van der Waals surface area contributed by atoms with Crippen molar-refractivity contribution >= 4 is 16.1 Å². The molecular weight excluding hydrogens is 272 g/mol. The Morgan fingerprint density at radius 3 is 2.50 bits per heavy atom. The molecule has 18 heavy (non-hydrogen) atoms. The first kappa shape index (κ1) is 14.6. The summed E-state index contributed by atoms with van der Waals surface area (Å²) in [7, 11) is -4.67. The molecule has 1 aliphatic heterocycles. The van der Waals surface area contributed by atoms with Gasteiger partial charge >= 0.3 is 10.4 Å². The molecule has 0 fully saturated rings. The van der Waals surface area contributed by atoms with Crippen molar-refractivity contribution in [2.75, 3.05) is 11.9 Å². The van der Waals surface area contributed by atoms with Gasteiger partial charge < -0.3 is 10.1 Å². The summed E-state index contributed by atoms with van der Waals surface area (Å²) in [5.74, 6) is -1.81. The van der Waals surface area contributed by atoms with Crippen LogP contribution in [0.1, 0.15) is 6.92 Å². The highest BCUT2D eigenvalue weighted by Crippen LogP contribution is 2.32.